The van der Waals surface area contributed by atoms with Crippen molar-refractivity contribution in [2.45, 2.75) is 83.9 Å². The molecule has 238 valence electrons. The van der Waals surface area contributed by atoms with Crippen LogP contribution in [-0.2, 0) is 14.4 Å². The lowest BCUT2D eigenvalue weighted by atomic mass is 9.91. The van der Waals surface area contributed by atoms with E-state index in [0.29, 0.717) is 24.5 Å². The van der Waals surface area contributed by atoms with Gasteiger partial charge < -0.3 is 30.9 Å². The molecule has 4 atom stereocenters. The van der Waals surface area contributed by atoms with E-state index in [1.54, 1.807) is 29.8 Å². The van der Waals surface area contributed by atoms with Crippen LogP contribution in [0.15, 0.2) is 40.4 Å². The van der Waals surface area contributed by atoms with Gasteiger partial charge in [0.05, 0.1) is 40.3 Å². The fourth-order valence-electron chi connectivity index (χ4n) is 5.65. The zero-order chi connectivity index (χ0) is 31.8. The third-order valence-electron chi connectivity index (χ3n) is 7.98. The smallest absolute Gasteiger partial charge is 0.243 e. The van der Waals surface area contributed by atoms with Crippen molar-refractivity contribution in [3.63, 3.8) is 0 Å². The van der Waals surface area contributed by atoms with E-state index in [9.17, 15) is 19.5 Å². The van der Waals surface area contributed by atoms with Crippen LogP contribution >= 0.6 is 11.3 Å². The van der Waals surface area contributed by atoms with Gasteiger partial charge in [-0.15, -0.1) is 11.3 Å². The van der Waals surface area contributed by atoms with Crippen molar-refractivity contribution in [2.75, 3.05) is 19.6 Å². The fourth-order valence-corrected chi connectivity index (χ4v) is 6.46. The number of amides is 3. The summed E-state index contributed by atoms with van der Waals surface area (Å²) in [5, 5.41) is 20.5. The Balaban J connectivity index is 1.53. The van der Waals surface area contributed by atoms with Gasteiger partial charge in [0.2, 0.25) is 17.7 Å². The van der Waals surface area contributed by atoms with Crippen molar-refractivity contribution in [3.8, 4) is 10.4 Å². The van der Waals surface area contributed by atoms with Gasteiger partial charge >= 0.3 is 0 Å². The summed E-state index contributed by atoms with van der Waals surface area (Å²) in [4.78, 5) is 47.5. The number of carbonyl (C=O) groups excluding carboxylic acids is 3. The molecule has 3 amide bonds. The topological polar surface area (TPSA) is 164 Å². The van der Waals surface area contributed by atoms with Gasteiger partial charge in [-0.1, -0.05) is 49.7 Å². The largest absolute Gasteiger partial charge is 0.391 e. The molecular weight excluding hydrogens is 580 g/mol. The van der Waals surface area contributed by atoms with Crippen molar-refractivity contribution in [1.82, 2.24) is 25.7 Å². The van der Waals surface area contributed by atoms with Crippen molar-refractivity contribution in [2.24, 2.45) is 11.7 Å². The lowest BCUT2D eigenvalue weighted by molar-refractivity contribution is -0.141. The minimum atomic E-state index is -0.899. The Bertz CT molecular complexity index is 1400. The summed E-state index contributed by atoms with van der Waals surface area (Å²) in [5.74, 6) is -1.26. The lowest BCUT2D eigenvalue weighted by Crippen LogP contribution is -2.49. The number of rotatable bonds is 14. The maximum atomic E-state index is 13.8. The second-order valence-electron chi connectivity index (χ2n) is 11.8. The Kier molecular flexibility index (Phi) is 11.7. The summed E-state index contributed by atoms with van der Waals surface area (Å²) < 4.78 is 5.44. The highest BCUT2D eigenvalue weighted by Gasteiger charge is 2.43. The molecule has 3 aromatic rings. The minimum Gasteiger partial charge on any atom is -0.391 e. The first kappa shape index (κ1) is 33.3. The molecule has 0 bridgehead atoms. The number of thiazole rings is 1. The van der Waals surface area contributed by atoms with Crippen LogP contribution in [0.4, 0.5) is 0 Å². The molecule has 0 radical (unpaired) electrons. The van der Waals surface area contributed by atoms with Crippen LogP contribution in [0.3, 0.4) is 0 Å². The third kappa shape index (κ3) is 8.30. The van der Waals surface area contributed by atoms with Crippen LogP contribution in [0.2, 0.25) is 0 Å². The zero-order valence-corrected chi connectivity index (χ0v) is 26.7. The number of aliphatic hydroxyl groups is 1. The molecule has 0 saturated carbocycles. The average Bonchev–Trinajstić information content (AvgIpc) is 3.72. The normalized spacial score (nSPS) is 17.9. The first-order valence-electron chi connectivity index (χ1n) is 15.3. The average molecular weight is 625 g/mol. The van der Waals surface area contributed by atoms with Crippen LogP contribution in [0.5, 0.6) is 0 Å². The summed E-state index contributed by atoms with van der Waals surface area (Å²) in [6.45, 7) is 8.73. The lowest BCUT2D eigenvalue weighted by Gasteiger charge is -2.30. The Morgan fingerprint density at radius 3 is 2.52 bits per heavy atom. The van der Waals surface area contributed by atoms with Gasteiger partial charge in [0.15, 0.2) is 0 Å². The first-order chi connectivity index (χ1) is 21.1. The number of aryl methyl sites for hydroxylation is 2. The van der Waals surface area contributed by atoms with Crippen LogP contribution < -0.4 is 16.4 Å². The van der Waals surface area contributed by atoms with Crippen LogP contribution in [0.1, 0.15) is 80.6 Å². The molecule has 0 unspecified atom stereocenters. The molecule has 11 nitrogen and oxygen atoms in total. The predicted molar refractivity (Wildman–Crippen MR) is 169 cm³/mol. The summed E-state index contributed by atoms with van der Waals surface area (Å²) in [6, 6.07) is 7.91. The van der Waals surface area contributed by atoms with E-state index in [2.05, 4.69) is 20.8 Å². The Morgan fingerprint density at radius 2 is 1.91 bits per heavy atom. The Morgan fingerprint density at radius 1 is 1.16 bits per heavy atom. The van der Waals surface area contributed by atoms with E-state index < -0.39 is 30.0 Å². The van der Waals surface area contributed by atoms with Gasteiger partial charge in [0, 0.05) is 25.6 Å². The maximum Gasteiger partial charge on any atom is 0.243 e. The van der Waals surface area contributed by atoms with Crippen LogP contribution in [-0.4, -0.2) is 69.6 Å². The van der Waals surface area contributed by atoms with Crippen molar-refractivity contribution in [1.29, 1.82) is 0 Å². The molecule has 1 saturated heterocycles. The highest BCUT2D eigenvalue weighted by molar-refractivity contribution is 7.13. The monoisotopic (exact) mass is 624 g/mol. The van der Waals surface area contributed by atoms with Gasteiger partial charge in [-0.05, 0) is 50.3 Å². The first-order valence-corrected chi connectivity index (χ1v) is 16.2. The van der Waals surface area contributed by atoms with Gasteiger partial charge in [0.25, 0.3) is 0 Å². The SMILES string of the molecule is Cc1cc([C@H](C(=O)N2C[C@H](O)C[C@H]2C(=O)N[C@@H](CC(=O)NCCCCCN)c2ccc(-c3scnc3C)cc2)C(C)C)on1. The van der Waals surface area contributed by atoms with E-state index >= 15 is 0 Å². The summed E-state index contributed by atoms with van der Waals surface area (Å²) in [7, 11) is 0. The number of likely N-dealkylation sites (tertiary alicyclic amines) is 1. The highest BCUT2D eigenvalue weighted by Crippen LogP contribution is 2.32. The van der Waals surface area contributed by atoms with Gasteiger partial charge in [-0.3, -0.25) is 14.4 Å². The van der Waals surface area contributed by atoms with Crippen molar-refractivity contribution < 1.29 is 24.0 Å². The molecule has 44 heavy (non-hydrogen) atoms. The van der Waals surface area contributed by atoms with Crippen molar-refractivity contribution in [3.05, 3.63) is 58.6 Å². The summed E-state index contributed by atoms with van der Waals surface area (Å²) in [5.41, 5.74) is 10.7. The molecule has 1 aliphatic rings. The van der Waals surface area contributed by atoms with Gasteiger partial charge in [-0.2, -0.15) is 0 Å². The maximum absolute atomic E-state index is 13.8. The van der Waals surface area contributed by atoms with Crippen LogP contribution in [0.25, 0.3) is 10.4 Å². The number of nitrogens with one attached hydrogen (secondary N) is 2. The fraction of sp³-hybridized carbons (Fsp3) is 0.531. The summed E-state index contributed by atoms with van der Waals surface area (Å²) >= 11 is 1.55. The molecule has 0 aliphatic carbocycles. The molecular formula is C32H44N6O5S. The van der Waals surface area contributed by atoms with E-state index in [0.717, 1.165) is 41.0 Å². The summed E-state index contributed by atoms with van der Waals surface area (Å²) in [6.07, 6.45) is 1.92. The minimum absolute atomic E-state index is 0.0245. The standard InChI is InChI=1S/C32H44N6O5S/c1-19(2)29(27-14-20(3)37-43-27)32(42)38-17-24(39)15-26(38)31(41)36-25(16-28(40)34-13-7-5-6-12-33)22-8-10-23(11-9-22)30-21(4)35-18-44-30/h8-11,14,18-19,24-26,29,39H,5-7,12-13,15-17,33H2,1-4H3,(H,34,40)(H,36,41)/t24-,25+,26+,29-/m1/s1. The molecule has 5 N–H and O–H groups in total. The number of carbonyl (C=O) groups is 3. The quantitative estimate of drug-likeness (QED) is 0.198. The number of aromatic nitrogens is 2. The molecule has 1 aliphatic heterocycles. The molecule has 4 rings (SSSR count). The Hall–Kier alpha value is -3.61. The number of hydrogen-bond acceptors (Lipinski definition) is 9. The highest BCUT2D eigenvalue weighted by atomic mass is 32.1. The Labute approximate surface area is 262 Å². The number of hydrogen-bond donors (Lipinski definition) is 4. The third-order valence-corrected chi connectivity index (χ3v) is 8.96. The van der Waals surface area contributed by atoms with Gasteiger partial charge in [0.1, 0.15) is 17.7 Å². The molecule has 0 spiro atoms. The number of aliphatic hydroxyl groups excluding tert-OH is 1. The molecule has 2 aromatic heterocycles. The molecule has 1 fully saturated rings. The molecule has 12 heteroatoms. The van der Waals surface area contributed by atoms with E-state index in [4.69, 9.17) is 10.3 Å². The number of nitrogens with zero attached hydrogens (tertiary/aromatic N) is 3. The van der Waals surface area contributed by atoms with Crippen molar-refractivity contribution >= 4 is 29.1 Å². The van der Waals surface area contributed by atoms with E-state index in [1.165, 1.54) is 4.90 Å². The second kappa shape index (κ2) is 15.4. The number of nitrogens with two attached hydrogens (primary N) is 1. The second-order valence-corrected chi connectivity index (χ2v) is 12.7. The van der Waals surface area contributed by atoms with Gasteiger partial charge in [-0.25, -0.2) is 4.98 Å². The zero-order valence-electron chi connectivity index (χ0n) is 25.9. The van der Waals surface area contributed by atoms with E-state index in [1.807, 2.05) is 45.0 Å². The number of β-amino-alcohol motifs (C(OH)–C–C–N with tert-alkyl or cyclic N) is 1. The number of unbranched alkanes of at least 4 members (excludes halogenated alkanes) is 2. The number of benzene rings is 1. The van der Waals surface area contributed by atoms with E-state index in [-0.39, 0.29) is 37.1 Å². The molecule has 3 heterocycles. The van der Waals surface area contributed by atoms with Crippen LogP contribution in [0, 0.1) is 19.8 Å². The predicted octanol–water partition coefficient (Wildman–Crippen LogP) is 3.61. The molecule has 1 aromatic carbocycles.